The Hall–Kier alpha value is -6.96. The van der Waals surface area contributed by atoms with Crippen molar-refractivity contribution < 1.29 is 92.3 Å². The molecule has 7 amide bonds. The van der Waals surface area contributed by atoms with Crippen molar-refractivity contribution in [3.05, 3.63) is 46.5 Å². The van der Waals surface area contributed by atoms with Crippen molar-refractivity contribution >= 4 is 47.3 Å². The summed E-state index contributed by atoms with van der Waals surface area (Å²) in [5.41, 5.74) is 6.06. The largest absolute Gasteiger partial charge is 0.504 e. The van der Waals surface area contributed by atoms with E-state index in [9.17, 15) is 58.8 Å². The first kappa shape index (κ1) is 68.9. The maximum atomic E-state index is 13.0. The maximum Gasteiger partial charge on any atom is 0.329 e. The fourth-order valence-corrected chi connectivity index (χ4v) is 15.9. The zero-order valence-corrected chi connectivity index (χ0v) is 53.1. The Bertz CT molecular complexity index is 3100. The lowest BCUT2D eigenvalue weighted by atomic mass is 9.48. The molecule has 2 saturated heterocycles. The molecule has 4 aliphatic heterocycles. The van der Waals surface area contributed by atoms with Crippen LogP contribution in [0.15, 0.2) is 24.3 Å². The summed E-state index contributed by atoms with van der Waals surface area (Å²) < 4.78 is 33.1. The van der Waals surface area contributed by atoms with Crippen LogP contribution in [0.3, 0.4) is 0 Å². The lowest BCUT2D eigenvalue weighted by Crippen LogP contribution is -2.78. The summed E-state index contributed by atoms with van der Waals surface area (Å²) in [6, 6.07) is 6.50. The maximum absolute atomic E-state index is 13.0. The molecule has 93 heavy (non-hydrogen) atoms. The van der Waals surface area contributed by atoms with Gasteiger partial charge in [-0.15, -0.1) is 0 Å². The van der Waals surface area contributed by atoms with Crippen molar-refractivity contribution in [2.75, 3.05) is 119 Å². The number of ether oxygens (including phenoxy) is 6. The second kappa shape index (κ2) is 29.8. The lowest BCUT2D eigenvalue weighted by molar-refractivity contribution is -0.192. The van der Waals surface area contributed by atoms with Crippen LogP contribution < -0.4 is 52.4 Å². The molecule has 0 aromatic heterocycles. The zero-order valence-electron chi connectivity index (χ0n) is 53.1. The Labute approximate surface area is 539 Å². The number of likely N-dealkylation sites (N-methyl/N-ethyl adjacent to an activating group) is 2. The zero-order chi connectivity index (χ0) is 66.2. The van der Waals surface area contributed by atoms with Crippen molar-refractivity contribution in [3.8, 4) is 23.0 Å². The number of carboxylic acid groups (broad SMARTS) is 1. The average Bonchev–Trinajstić information content (AvgIpc) is 1.62. The predicted molar refractivity (Wildman–Crippen MR) is 330 cm³/mol. The van der Waals surface area contributed by atoms with E-state index in [0.29, 0.717) is 101 Å². The molecule has 2 aromatic carbocycles. The summed E-state index contributed by atoms with van der Waals surface area (Å²) >= 11 is 0. The molecule has 10 atom stereocenters. The number of nitrogens with two attached hydrogens (primary N) is 1. The Balaban J connectivity index is 0.000000180. The molecular formula is C64H92N10O19. The summed E-state index contributed by atoms with van der Waals surface area (Å²) in [7, 11) is 2.93. The molecule has 12 rings (SSSR count). The number of aromatic hydroxyl groups is 2. The van der Waals surface area contributed by atoms with Gasteiger partial charge < -0.3 is 96.9 Å². The van der Waals surface area contributed by atoms with E-state index in [4.69, 9.17) is 34.5 Å². The lowest BCUT2D eigenvalue weighted by Gasteiger charge is -2.64. The van der Waals surface area contributed by atoms with Crippen LogP contribution in [0, 0.1) is 11.8 Å². The van der Waals surface area contributed by atoms with Crippen LogP contribution in [0.5, 0.6) is 23.0 Å². The van der Waals surface area contributed by atoms with Crippen LogP contribution in [-0.4, -0.2) is 250 Å². The van der Waals surface area contributed by atoms with Crippen LogP contribution in [0.25, 0.3) is 0 Å². The number of carbonyl (C=O) groups excluding carboxylic acids is 7. The van der Waals surface area contributed by atoms with E-state index in [1.807, 2.05) is 12.1 Å². The molecule has 4 bridgehead atoms. The third-order valence-corrected chi connectivity index (χ3v) is 20.3. The third kappa shape index (κ3) is 14.7. The van der Waals surface area contributed by atoms with Gasteiger partial charge in [-0.3, -0.25) is 43.4 Å². The molecule has 29 heteroatoms. The molecular weight excluding hydrogens is 1210 g/mol. The topological polar surface area (TPSA) is 410 Å². The van der Waals surface area contributed by atoms with Gasteiger partial charge in [0.2, 0.25) is 41.4 Å². The molecule has 14 N–H and O–H groups in total. The van der Waals surface area contributed by atoms with E-state index in [1.165, 1.54) is 39.8 Å². The van der Waals surface area contributed by atoms with Gasteiger partial charge in [0.25, 0.3) is 0 Å². The minimum absolute atomic E-state index is 0.00582. The number of nitrogens with one attached hydrogen (secondary N) is 7. The molecule has 29 nitrogen and oxygen atoms in total. The first-order valence-corrected chi connectivity index (χ1v) is 32.7. The predicted octanol–water partition coefficient (Wildman–Crippen LogP) is -2.40. The van der Waals surface area contributed by atoms with Gasteiger partial charge in [0, 0.05) is 70.0 Å². The average molecular weight is 1310 g/mol. The molecule has 512 valence electrons. The molecule has 4 heterocycles. The normalized spacial score (nSPS) is 28.5. The van der Waals surface area contributed by atoms with Crippen molar-refractivity contribution in [1.29, 1.82) is 0 Å². The molecule has 0 radical (unpaired) electrons. The van der Waals surface area contributed by atoms with Gasteiger partial charge >= 0.3 is 5.97 Å². The first-order chi connectivity index (χ1) is 44.7. The second-order valence-electron chi connectivity index (χ2n) is 26.3. The summed E-state index contributed by atoms with van der Waals surface area (Å²) in [6.45, 7) is 3.15. The number of nitrogens with zero attached hydrogens (tertiary/aromatic N) is 2. The van der Waals surface area contributed by atoms with E-state index in [-0.39, 0.29) is 111 Å². The van der Waals surface area contributed by atoms with Gasteiger partial charge in [0.05, 0.1) is 34.1 Å². The smallest absolute Gasteiger partial charge is 0.329 e. The van der Waals surface area contributed by atoms with Gasteiger partial charge in [-0.25, -0.2) is 4.79 Å². The minimum Gasteiger partial charge on any atom is -0.504 e. The van der Waals surface area contributed by atoms with Gasteiger partial charge in [-0.2, -0.15) is 0 Å². The fourth-order valence-electron chi connectivity index (χ4n) is 15.9. The number of hydrogen-bond acceptors (Lipinski definition) is 21. The van der Waals surface area contributed by atoms with Gasteiger partial charge in [0.1, 0.15) is 65.1 Å². The number of carbonyl (C=O) groups is 8. The highest BCUT2D eigenvalue weighted by Crippen LogP contribution is 2.67. The van der Waals surface area contributed by atoms with Gasteiger partial charge in [-0.1, -0.05) is 12.1 Å². The highest BCUT2D eigenvalue weighted by atomic mass is 16.5. The van der Waals surface area contributed by atoms with Crippen LogP contribution in [0.1, 0.15) is 99.3 Å². The number of amides is 7. The SMILES string of the molecule is CNC(=O)COCC(=O)NCCCNC(=O)COCC(=O)N[C@@H]1CC[C@@]2(O)[C@H]3Cc4ccc(O)c5c4[C@@]2(CCN3CC2CC2)[C@H]1O5.CNC(=O)COCC(=O)O.NCCCNC(=O)COCC(=O)N[C@@H]1CC[C@@]2(O)[C@H]3Cc4ccc(O)c5c4[C@@]2(CCN3CC2CC2)[C@H]1O5. The summed E-state index contributed by atoms with van der Waals surface area (Å²) in [5.74, 6) is -1.04. The molecule has 4 saturated carbocycles. The van der Waals surface area contributed by atoms with Gasteiger partial charge in [0.15, 0.2) is 23.0 Å². The number of likely N-dealkylation sites (tertiary alicyclic amines) is 2. The standard InChI is InChI=1S/C32H45N5O9.C27H38N4O6.C5H9NO4/c1-33-24(39)15-44-16-25(40)34-10-2-11-35-26(41)17-45-18-27(42)36-21-7-8-32(43)23-13-20-5-6-22(38)29-28(20)31(32,30(21)46-29)9-12-37(23)14-19-3-4-19;28-9-1-10-29-21(33)14-36-15-22(34)30-18-6-7-27(35)20-12-17-4-5-19(32)24-23(17)26(27,25(18)37-24)8-11-31(20)13-16-2-3-16;1-6-4(7)2-10-3-5(8)9/h5-6,19,21,23,30,38,43H,2-4,7-18H2,1H3,(H,33,39)(H,34,40)(H,35,41)(H,36,42);4-5,16,18,20,25,32,35H,1-3,6-15,28H2,(H,29,33)(H,30,34);2-3H2,1H3,(H,6,7)(H,8,9)/t21-,23-,30+,31+,32-;18-,20-,25+,26+,27-;/m11./s1. The molecule has 2 aromatic rings. The minimum atomic E-state index is -1.08. The van der Waals surface area contributed by atoms with E-state index in [0.717, 1.165) is 60.8 Å². The van der Waals surface area contributed by atoms with E-state index >= 15 is 0 Å². The summed E-state index contributed by atoms with van der Waals surface area (Å²) in [4.78, 5) is 97.7. The molecule has 2 spiro atoms. The second-order valence-corrected chi connectivity index (χ2v) is 26.3. The summed E-state index contributed by atoms with van der Waals surface area (Å²) in [6.07, 6.45) is 10.1. The third-order valence-electron chi connectivity index (χ3n) is 20.3. The number of phenolic OH excluding ortho intramolecular Hbond substituents is 2. The van der Waals surface area contributed by atoms with Crippen LogP contribution >= 0.6 is 0 Å². The Morgan fingerprint density at radius 3 is 1.28 bits per heavy atom. The highest BCUT2D eigenvalue weighted by Gasteiger charge is 2.75. The number of aliphatic carboxylic acids is 1. The molecule has 6 fully saturated rings. The monoisotopic (exact) mass is 1300 g/mol. The van der Waals surface area contributed by atoms with E-state index in [2.05, 4.69) is 51.8 Å². The number of piperidine rings is 2. The number of carboxylic acids is 1. The number of benzene rings is 2. The number of hydrogen-bond donors (Lipinski definition) is 13. The van der Waals surface area contributed by atoms with Crippen molar-refractivity contribution in [2.45, 2.75) is 148 Å². The number of aliphatic hydroxyl groups is 2. The molecule has 0 unspecified atom stereocenters. The Morgan fingerprint density at radius 1 is 0.527 bits per heavy atom. The van der Waals surface area contributed by atoms with E-state index in [1.54, 1.807) is 12.1 Å². The van der Waals surface area contributed by atoms with Crippen molar-refractivity contribution in [1.82, 2.24) is 47.0 Å². The van der Waals surface area contributed by atoms with Gasteiger partial charge in [-0.05, 0) is 145 Å². The van der Waals surface area contributed by atoms with Crippen LogP contribution in [0.2, 0.25) is 0 Å². The first-order valence-electron chi connectivity index (χ1n) is 32.7. The Kier molecular flexibility index (Phi) is 22.1. The Morgan fingerprint density at radius 2 is 0.903 bits per heavy atom. The van der Waals surface area contributed by atoms with Crippen molar-refractivity contribution in [3.63, 3.8) is 0 Å². The molecule has 6 aliphatic carbocycles. The van der Waals surface area contributed by atoms with Crippen molar-refractivity contribution in [2.24, 2.45) is 17.6 Å². The van der Waals surface area contributed by atoms with E-state index < -0.39 is 58.8 Å². The molecule has 10 aliphatic rings. The number of phenols is 2. The fraction of sp³-hybridized carbons (Fsp3) is 0.688. The number of rotatable bonds is 29. The summed E-state index contributed by atoms with van der Waals surface area (Å²) in [5, 5.41) is 73.3. The quantitative estimate of drug-likeness (QED) is 0.0378. The van der Waals surface area contributed by atoms with Crippen LogP contribution in [-0.2, 0) is 81.0 Å². The highest BCUT2D eigenvalue weighted by molar-refractivity contribution is 5.82. The van der Waals surface area contributed by atoms with Crippen LogP contribution in [0.4, 0.5) is 0 Å².